The van der Waals surface area contributed by atoms with Crippen LogP contribution in [0.3, 0.4) is 0 Å². The van der Waals surface area contributed by atoms with E-state index >= 15 is 0 Å². The molecule has 0 saturated carbocycles. The van der Waals surface area contributed by atoms with Gasteiger partial charge in [-0.15, -0.1) is 0 Å². The van der Waals surface area contributed by atoms with Crippen molar-refractivity contribution in [3.63, 3.8) is 0 Å². The number of sulfonamides is 1. The number of fused-ring (bicyclic) bond motifs is 2. The topological polar surface area (TPSA) is 75.6 Å². The van der Waals surface area contributed by atoms with Crippen molar-refractivity contribution in [2.45, 2.75) is 49.0 Å². The third kappa shape index (κ3) is 2.46. The summed E-state index contributed by atoms with van der Waals surface area (Å²) in [5.41, 5.74) is 0.338. The molecule has 2 aliphatic heterocycles. The largest absolute Gasteiger partial charge is 0.392 e. The first-order chi connectivity index (χ1) is 9.49. The molecule has 2 aliphatic rings. The zero-order valence-electron chi connectivity index (χ0n) is 10.8. The summed E-state index contributed by atoms with van der Waals surface area (Å²) in [5.74, 6) is -0.854. The van der Waals surface area contributed by atoms with Gasteiger partial charge in [-0.05, 0) is 37.0 Å². The summed E-state index contributed by atoms with van der Waals surface area (Å²) in [4.78, 5) is -0.391. The second-order valence-corrected chi connectivity index (χ2v) is 6.94. The molecule has 2 bridgehead atoms. The monoisotopic (exact) mass is 301 g/mol. The zero-order chi connectivity index (χ0) is 14.3. The highest BCUT2D eigenvalue weighted by molar-refractivity contribution is 7.89. The van der Waals surface area contributed by atoms with E-state index in [-0.39, 0.29) is 24.9 Å². The number of aliphatic hydroxyl groups is 1. The quantitative estimate of drug-likeness (QED) is 0.867. The molecule has 1 aromatic carbocycles. The van der Waals surface area contributed by atoms with Crippen LogP contribution in [0.15, 0.2) is 23.1 Å². The highest BCUT2D eigenvalue weighted by atomic mass is 32.2. The molecule has 2 heterocycles. The maximum atomic E-state index is 13.8. The Kier molecular flexibility index (Phi) is 3.53. The van der Waals surface area contributed by atoms with Gasteiger partial charge in [-0.1, -0.05) is 6.07 Å². The molecule has 0 amide bonds. The molecular weight excluding hydrogens is 285 g/mol. The van der Waals surface area contributed by atoms with Crippen molar-refractivity contribution in [2.75, 3.05) is 0 Å². The van der Waals surface area contributed by atoms with Gasteiger partial charge in [-0.3, -0.25) is 0 Å². The molecule has 2 N–H and O–H groups in total. The van der Waals surface area contributed by atoms with E-state index < -0.39 is 20.7 Å². The van der Waals surface area contributed by atoms with Crippen LogP contribution in [-0.2, 0) is 21.4 Å². The molecule has 0 radical (unpaired) electrons. The number of hydrogen-bond donors (Lipinski definition) is 2. The highest BCUT2D eigenvalue weighted by Gasteiger charge is 2.42. The second-order valence-electron chi connectivity index (χ2n) is 5.26. The van der Waals surface area contributed by atoms with Crippen molar-refractivity contribution in [3.8, 4) is 0 Å². The molecule has 5 nitrogen and oxygen atoms in total. The predicted octanol–water partition coefficient (Wildman–Crippen LogP) is 0.916. The molecule has 0 aromatic heterocycles. The first-order valence-corrected chi connectivity index (χ1v) is 8.05. The molecule has 3 atom stereocenters. The number of rotatable bonds is 4. The summed E-state index contributed by atoms with van der Waals surface area (Å²) in [6.07, 6.45) is 2.45. The van der Waals surface area contributed by atoms with E-state index in [1.165, 1.54) is 12.1 Å². The lowest BCUT2D eigenvalue weighted by Crippen LogP contribution is -2.41. The summed E-state index contributed by atoms with van der Waals surface area (Å²) < 4.78 is 46.4. The SMILES string of the molecule is O=S(=O)(NC1CC2CCC1O2)c1ccc(CO)cc1F. The van der Waals surface area contributed by atoms with Gasteiger partial charge in [0, 0.05) is 0 Å². The van der Waals surface area contributed by atoms with Crippen LogP contribution in [0.1, 0.15) is 24.8 Å². The zero-order valence-corrected chi connectivity index (χ0v) is 11.6. The van der Waals surface area contributed by atoms with Crippen molar-refractivity contribution < 1.29 is 22.7 Å². The number of ether oxygens (including phenoxy) is 1. The van der Waals surface area contributed by atoms with Crippen molar-refractivity contribution in [2.24, 2.45) is 0 Å². The molecule has 2 saturated heterocycles. The number of hydrogen-bond acceptors (Lipinski definition) is 4. The van der Waals surface area contributed by atoms with Crippen molar-refractivity contribution >= 4 is 10.0 Å². The van der Waals surface area contributed by atoms with E-state index in [2.05, 4.69) is 4.72 Å². The van der Waals surface area contributed by atoms with E-state index in [4.69, 9.17) is 9.84 Å². The van der Waals surface area contributed by atoms with Gasteiger partial charge in [0.05, 0.1) is 24.9 Å². The minimum absolute atomic E-state index is 0.102. The fraction of sp³-hybridized carbons (Fsp3) is 0.538. The van der Waals surface area contributed by atoms with E-state index in [9.17, 15) is 12.8 Å². The van der Waals surface area contributed by atoms with Crippen LogP contribution in [0.5, 0.6) is 0 Å². The van der Waals surface area contributed by atoms with Gasteiger partial charge < -0.3 is 9.84 Å². The molecular formula is C13H16FNO4S. The Labute approximate surface area is 116 Å². The van der Waals surface area contributed by atoms with E-state index in [0.717, 1.165) is 18.9 Å². The average Bonchev–Trinajstić information content (AvgIpc) is 2.99. The Bertz CT molecular complexity index is 619. The summed E-state index contributed by atoms with van der Waals surface area (Å²) in [6.45, 7) is -0.328. The van der Waals surface area contributed by atoms with Gasteiger partial charge in [0.25, 0.3) is 0 Å². The van der Waals surface area contributed by atoms with E-state index in [1.54, 1.807) is 0 Å². The third-order valence-corrected chi connectivity index (χ3v) is 5.40. The van der Waals surface area contributed by atoms with Gasteiger partial charge in [-0.25, -0.2) is 17.5 Å². The standard InChI is InChI=1S/C13H16FNO4S/c14-10-5-8(7-16)1-4-13(10)20(17,18)15-11-6-9-2-3-12(11)19-9/h1,4-5,9,11-12,15-16H,2-3,6-7H2. The lowest BCUT2D eigenvalue weighted by atomic mass is 9.96. The molecule has 20 heavy (non-hydrogen) atoms. The van der Waals surface area contributed by atoms with Gasteiger partial charge in [0.2, 0.25) is 10.0 Å². The fourth-order valence-electron chi connectivity index (χ4n) is 2.89. The van der Waals surface area contributed by atoms with Crippen LogP contribution in [0, 0.1) is 5.82 Å². The molecule has 110 valence electrons. The molecule has 2 fully saturated rings. The minimum Gasteiger partial charge on any atom is -0.392 e. The Hall–Kier alpha value is -1.02. The summed E-state index contributed by atoms with van der Waals surface area (Å²) in [6, 6.07) is 3.33. The maximum Gasteiger partial charge on any atom is 0.243 e. The van der Waals surface area contributed by atoms with Crippen LogP contribution >= 0.6 is 0 Å². The van der Waals surface area contributed by atoms with E-state index in [0.29, 0.717) is 12.0 Å². The van der Waals surface area contributed by atoms with Crippen LogP contribution in [0.25, 0.3) is 0 Å². The number of aliphatic hydroxyl groups excluding tert-OH is 1. The second kappa shape index (κ2) is 5.07. The summed E-state index contributed by atoms with van der Waals surface area (Å²) >= 11 is 0. The lowest BCUT2D eigenvalue weighted by Gasteiger charge is -2.20. The van der Waals surface area contributed by atoms with Crippen molar-refractivity contribution in [1.29, 1.82) is 0 Å². The third-order valence-electron chi connectivity index (χ3n) is 3.88. The van der Waals surface area contributed by atoms with Crippen molar-refractivity contribution in [3.05, 3.63) is 29.6 Å². The first kappa shape index (κ1) is 13.9. The van der Waals surface area contributed by atoms with Gasteiger partial charge in [0.1, 0.15) is 10.7 Å². The summed E-state index contributed by atoms with van der Waals surface area (Å²) in [5, 5.41) is 8.91. The molecule has 7 heteroatoms. The summed E-state index contributed by atoms with van der Waals surface area (Å²) in [7, 11) is -3.91. The van der Waals surface area contributed by atoms with Gasteiger partial charge in [-0.2, -0.15) is 0 Å². The van der Waals surface area contributed by atoms with Crippen molar-refractivity contribution in [1.82, 2.24) is 4.72 Å². The molecule has 3 rings (SSSR count). The van der Waals surface area contributed by atoms with Crippen LogP contribution in [0.2, 0.25) is 0 Å². The minimum atomic E-state index is -3.91. The number of nitrogens with one attached hydrogen (secondary N) is 1. The Morgan fingerprint density at radius 2 is 2.20 bits per heavy atom. The van der Waals surface area contributed by atoms with Gasteiger partial charge in [0.15, 0.2) is 0 Å². The fourth-order valence-corrected chi connectivity index (χ4v) is 4.22. The predicted molar refractivity (Wildman–Crippen MR) is 68.9 cm³/mol. The average molecular weight is 301 g/mol. The normalized spacial score (nSPS) is 29.0. The Balaban J connectivity index is 1.81. The first-order valence-electron chi connectivity index (χ1n) is 6.56. The highest BCUT2D eigenvalue weighted by Crippen LogP contribution is 2.35. The van der Waals surface area contributed by atoms with Gasteiger partial charge >= 0.3 is 0 Å². The lowest BCUT2D eigenvalue weighted by molar-refractivity contribution is 0.0996. The smallest absolute Gasteiger partial charge is 0.243 e. The maximum absolute atomic E-state index is 13.8. The number of halogens is 1. The van der Waals surface area contributed by atoms with E-state index in [1.807, 2.05) is 0 Å². The molecule has 0 aliphatic carbocycles. The number of benzene rings is 1. The molecule has 1 aromatic rings. The molecule has 0 spiro atoms. The Morgan fingerprint density at radius 3 is 2.75 bits per heavy atom. The van der Waals surface area contributed by atoms with Crippen LogP contribution < -0.4 is 4.72 Å². The van der Waals surface area contributed by atoms with Crippen LogP contribution in [0.4, 0.5) is 4.39 Å². The Morgan fingerprint density at radius 1 is 1.40 bits per heavy atom. The molecule has 3 unspecified atom stereocenters. The van der Waals surface area contributed by atoms with Crippen LogP contribution in [-0.4, -0.2) is 31.8 Å².